The third-order valence-electron chi connectivity index (χ3n) is 3.75. The van der Waals surface area contributed by atoms with Crippen LogP contribution in [0.4, 0.5) is 0 Å². The zero-order chi connectivity index (χ0) is 13.5. The quantitative estimate of drug-likeness (QED) is 0.679. The summed E-state index contributed by atoms with van der Waals surface area (Å²) in [4.78, 5) is 9.32. The predicted molar refractivity (Wildman–Crippen MR) is 76.5 cm³/mol. The van der Waals surface area contributed by atoms with E-state index in [1.807, 2.05) is 25.1 Å². The number of rotatable bonds is 1. The SMILES string of the molecule is Cc1ccc2nc3n(c2n1)C(c1ccccc1)COC3. The number of pyridine rings is 1. The first-order valence-electron chi connectivity index (χ1n) is 6.80. The van der Waals surface area contributed by atoms with Crippen molar-refractivity contribution in [3.05, 3.63) is 59.5 Å². The molecule has 0 bridgehead atoms. The number of imidazole rings is 1. The molecule has 1 aliphatic heterocycles. The van der Waals surface area contributed by atoms with Crippen LogP contribution in [0.1, 0.15) is 23.1 Å². The third-order valence-corrected chi connectivity index (χ3v) is 3.75. The lowest BCUT2D eigenvalue weighted by atomic mass is 10.1. The highest BCUT2D eigenvalue weighted by molar-refractivity contribution is 5.72. The lowest BCUT2D eigenvalue weighted by molar-refractivity contribution is 0.0677. The van der Waals surface area contributed by atoms with Crippen molar-refractivity contribution in [3.8, 4) is 0 Å². The smallest absolute Gasteiger partial charge is 0.160 e. The normalized spacial score (nSPS) is 18.1. The first-order valence-corrected chi connectivity index (χ1v) is 6.80. The van der Waals surface area contributed by atoms with Gasteiger partial charge < -0.3 is 9.30 Å². The molecule has 0 N–H and O–H groups in total. The fraction of sp³-hybridized carbons (Fsp3) is 0.250. The van der Waals surface area contributed by atoms with Crippen LogP contribution in [0, 0.1) is 6.92 Å². The van der Waals surface area contributed by atoms with E-state index in [2.05, 4.69) is 38.8 Å². The number of benzene rings is 1. The predicted octanol–water partition coefficient (Wildman–Crippen LogP) is 2.86. The molecule has 2 aromatic heterocycles. The van der Waals surface area contributed by atoms with Crippen LogP contribution in [0.3, 0.4) is 0 Å². The molecule has 1 aliphatic rings. The molecule has 0 radical (unpaired) electrons. The fourth-order valence-corrected chi connectivity index (χ4v) is 2.80. The van der Waals surface area contributed by atoms with Crippen LogP contribution in [0.2, 0.25) is 0 Å². The van der Waals surface area contributed by atoms with Crippen molar-refractivity contribution >= 4 is 11.2 Å². The molecule has 0 saturated heterocycles. The number of fused-ring (bicyclic) bond motifs is 3. The van der Waals surface area contributed by atoms with Crippen LogP contribution in [-0.2, 0) is 11.3 Å². The van der Waals surface area contributed by atoms with E-state index in [9.17, 15) is 0 Å². The lowest BCUT2D eigenvalue weighted by Gasteiger charge is -2.26. The van der Waals surface area contributed by atoms with E-state index >= 15 is 0 Å². The Balaban J connectivity index is 1.95. The first-order chi connectivity index (χ1) is 9.83. The van der Waals surface area contributed by atoms with Crippen molar-refractivity contribution in [1.82, 2.24) is 14.5 Å². The minimum absolute atomic E-state index is 0.152. The van der Waals surface area contributed by atoms with E-state index in [1.165, 1.54) is 5.56 Å². The van der Waals surface area contributed by atoms with Crippen LogP contribution < -0.4 is 0 Å². The van der Waals surface area contributed by atoms with Gasteiger partial charge in [-0.25, -0.2) is 9.97 Å². The molecule has 4 heteroatoms. The number of aryl methyl sites for hydroxylation is 1. The third kappa shape index (κ3) is 1.72. The van der Waals surface area contributed by atoms with Gasteiger partial charge in [-0.1, -0.05) is 30.3 Å². The van der Waals surface area contributed by atoms with Crippen molar-refractivity contribution in [3.63, 3.8) is 0 Å². The Labute approximate surface area is 117 Å². The van der Waals surface area contributed by atoms with E-state index in [-0.39, 0.29) is 6.04 Å². The summed E-state index contributed by atoms with van der Waals surface area (Å²) in [7, 11) is 0. The Hall–Kier alpha value is -2.20. The van der Waals surface area contributed by atoms with Gasteiger partial charge in [0.1, 0.15) is 17.9 Å². The molecule has 3 aromatic rings. The zero-order valence-corrected chi connectivity index (χ0v) is 11.3. The molecule has 4 nitrogen and oxygen atoms in total. The van der Waals surface area contributed by atoms with Gasteiger partial charge in [0.05, 0.1) is 12.6 Å². The maximum atomic E-state index is 5.71. The highest BCUT2D eigenvalue weighted by Gasteiger charge is 2.25. The van der Waals surface area contributed by atoms with E-state index in [0.29, 0.717) is 13.2 Å². The molecule has 0 fully saturated rings. The van der Waals surface area contributed by atoms with Gasteiger partial charge in [-0.2, -0.15) is 0 Å². The maximum Gasteiger partial charge on any atom is 0.160 e. The van der Waals surface area contributed by atoms with Crippen LogP contribution >= 0.6 is 0 Å². The van der Waals surface area contributed by atoms with E-state index in [0.717, 1.165) is 22.7 Å². The van der Waals surface area contributed by atoms with Gasteiger partial charge in [-0.15, -0.1) is 0 Å². The number of ether oxygens (including phenoxy) is 1. The number of aromatic nitrogens is 3. The van der Waals surface area contributed by atoms with Crippen molar-refractivity contribution in [2.75, 3.05) is 6.61 Å². The summed E-state index contributed by atoms with van der Waals surface area (Å²) >= 11 is 0. The minimum atomic E-state index is 0.152. The summed E-state index contributed by atoms with van der Waals surface area (Å²) in [5.41, 5.74) is 4.14. The van der Waals surface area contributed by atoms with Gasteiger partial charge in [0.25, 0.3) is 0 Å². The molecule has 100 valence electrons. The molecule has 0 spiro atoms. The number of nitrogens with zero attached hydrogens (tertiary/aromatic N) is 3. The molecule has 1 atom stereocenters. The molecular formula is C16H15N3O. The molecule has 1 unspecified atom stereocenters. The lowest BCUT2D eigenvalue weighted by Crippen LogP contribution is -2.25. The van der Waals surface area contributed by atoms with Gasteiger partial charge in [-0.05, 0) is 24.6 Å². The van der Waals surface area contributed by atoms with Gasteiger partial charge in [0, 0.05) is 5.69 Å². The van der Waals surface area contributed by atoms with Gasteiger partial charge >= 0.3 is 0 Å². The standard InChI is InChI=1S/C16H15N3O/c1-11-7-8-13-16(17-11)19-14(9-20-10-15(19)18-13)12-5-3-2-4-6-12/h2-8,14H,9-10H2,1H3. The molecule has 3 heterocycles. The van der Waals surface area contributed by atoms with E-state index < -0.39 is 0 Å². The summed E-state index contributed by atoms with van der Waals surface area (Å²) in [6.07, 6.45) is 0. The first kappa shape index (κ1) is 11.6. The topological polar surface area (TPSA) is 39.9 Å². The molecule has 20 heavy (non-hydrogen) atoms. The molecule has 0 saturated carbocycles. The monoisotopic (exact) mass is 265 g/mol. The van der Waals surface area contributed by atoms with Crippen molar-refractivity contribution in [1.29, 1.82) is 0 Å². The fourth-order valence-electron chi connectivity index (χ4n) is 2.80. The minimum Gasteiger partial charge on any atom is -0.371 e. The average Bonchev–Trinajstić information content (AvgIpc) is 2.86. The molecular weight excluding hydrogens is 250 g/mol. The Morgan fingerprint density at radius 2 is 1.95 bits per heavy atom. The van der Waals surface area contributed by atoms with Crippen LogP contribution in [-0.4, -0.2) is 21.1 Å². The number of hydrogen-bond acceptors (Lipinski definition) is 3. The Morgan fingerprint density at radius 3 is 2.80 bits per heavy atom. The van der Waals surface area contributed by atoms with Crippen molar-refractivity contribution in [2.24, 2.45) is 0 Å². The Bertz CT molecular complexity index is 764. The second kappa shape index (κ2) is 4.42. The second-order valence-electron chi connectivity index (χ2n) is 5.14. The molecule has 4 rings (SSSR count). The van der Waals surface area contributed by atoms with E-state index in [1.54, 1.807) is 0 Å². The Morgan fingerprint density at radius 1 is 1.10 bits per heavy atom. The summed E-state index contributed by atoms with van der Waals surface area (Å²) in [5, 5.41) is 0. The maximum absolute atomic E-state index is 5.71. The highest BCUT2D eigenvalue weighted by Crippen LogP contribution is 2.29. The molecule has 1 aromatic carbocycles. The molecule has 0 aliphatic carbocycles. The van der Waals surface area contributed by atoms with Crippen LogP contribution in [0.5, 0.6) is 0 Å². The number of hydrogen-bond donors (Lipinski definition) is 0. The van der Waals surface area contributed by atoms with Crippen molar-refractivity contribution in [2.45, 2.75) is 19.6 Å². The average molecular weight is 265 g/mol. The van der Waals surface area contributed by atoms with Crippen LogP contribution in [0.25, 0.3) is 11.2 Å². The van der Waals surface area contributed by atoms with Crippen molar-refractivity contribution < 1.29 is 4.74 Å². The molecule has 0 amide bonds. The summed E-state index contributed by atoms with van der Waals surface area (Å²) in [5.74, 6) is 0.957. The largest absolute Gasteiger partial charge is 0.371 e. The second-order valence-corrected chi connectivity index (χ2v) is 5.14. The summed E-state index contributed by atoms with van der Waals surface area (Å²) in [6, 6.07) is 14.6. The van der Waals surface area contributed by atoms with Gasteiger partial charge in [0.15, 0.2) is 5.65 Å². The zero-order valence-electron chi connectivity index (χ0n) is 11.3. The summed E-state index contributed by atoms with van der Waals surface area (Å²) in [6.45, 7) is 3.23. The highest BCUT2D eigenvalue weighted by atomic mass is 16.5. The summed E-state index contributed by atoms with van der Waals surface area (Å²) < 4.78 is 7.94. The van der Waals surface area contributed by atoms with E-state index in [4.69, 9.17) is 4.74 Å². The van der Waals surface area contributed by atoms with Gasteiger partial charge in [0.2, 0.25) is 0 Å². The Kier molecular flexibility index (Phi) is 2.57. The van der Waals surface area contributed by atoms with Crippen LogP contribution in [0.15, 0.2) is 42.5 Å². The van der Waals surface area contributed by atoms with Gasteiger partial charge in [-0.3, -0.25) is 0 Å².